The summed E-state index contributed by atoms with van der Waals surface area (Å²) in [6, 6.07) is 8.14. The van der Waals surface area contributed by atoms with Crippen molar-refractivity contribution in [3.63, 3.8) is 0 Å². The van der Waals surface area contributed by atoms with Crippen molar-refractivity contribution in [1.29, 1.82) is 0 Å². The number of benzene rings is 1. The van der Waals surface area contributed by atoms with Crippen LogP contribution in [0.15, 0.2) is 53.9 Å². The Balaban J connectivity index is 1.29. The second kappa shape index (κ2) is 8.99. The van der Waals surface area contributed by atoms with Gasteiger partial charge in [-0.25, -0.2) is 9.07 Å². The van der Waals surface area contributed by atoms with Crippen LogP contribution in [0.5, 0.6) is 0 Å². The quantitative estimate of drug-likeness (QED) is 0.492. The van der Waals surface area contributed by atoms with Gasteiger partial charge in [-0.3, -0.25) is 14.5 Å². The number of anilines is 1. The lowest BCUT2D eigenvalue weighted by Gasteiger charge is -2.35. The number of nitrogens with one attached hydrogen (secondary N) is 1. The minimum absolute atomic E-state index is 0.0141. The number of halogens is 1. The van der Waals surface area contributed by atoms with Crippen molar-refractivity contribution in [3.8, 4) is 5.69 Å². The number of aryl methyl sites for hydroxylation is 1. The molecular weight excluding hydrogens is 399 g/mol. The van der Waals surface area contributed by atoms with Gasteiger partial charge in [-0.05, 0) is 30.3 Å². The van der Waals surface area contributed by atoms with Crippen molar-refractivity contribution in [2.24, 2.45) is 12.0 Å². The van der Waals surface area contributed by atoms with Gasteiger partial charge >= 0.3 is 0 Å². The third kappa shape index (κ3) is 4.73. The molecule has 1 aliphatic heterocycles. The van der Waals surface area contributed by atoms with Crippen LogP contribution in [0, 0.1) is 5.82 Å². The summed E-state index contributed by atoms with van der Waals surface area (Å²) in [6.45, 7) is 2.14. The summed E-state index contributed by atoms with van der Waals surface area (Å²) in [5.74, 6) is 0.434. The molecule has 4 rings (SSSR count). The van der Waals surface area contributed by atoms with E-state index in [4.69, 9.17) is 0 Å². The summed E-state index contributed by atoms with van der Waals surface area (Å²) in [7, 11) is 3.54. The van der Waals surface area contributed by atoms with Crippen molar-refractivity contribution in [2.75, 3.05) is 38.1 Å². The number of carbonyl (C=O) groups excluding carboxylic acids is 1. The maximum absolute atomic E-state index is 13.1. The van der Waals surface area contributed by atoms with E-state index in [1.807, 2.05) is 30.4 Å². The van der Waals surface area contributed by atoms with E-state index in [0.717, 1.165) is 17.1 Å². The smallest absolute Gasteiger partial charge is 0.246 e. The fraction of sp³-hybridized carbons (Fsp3) is 0.333. The monoisotopic (exact) mass is 424 g/mol. The van der Waals surface area contributed by atoms with Gasteiger partial charge in [0.05, 0.1) is 23.3 Å². The molecule has 0 unspecified atom stereocenters. The Morgan fingerprint density at radius 2 is 2.00 bits per heavy atom. The fourth-order valence-electron chi connectivity index (χ4n) is 3.54. The fourth-order valence-corrected chi connectivity index (χ4v) is 3.54. The summed E-state index contributed by atoms with van der Waals surface area (Å²) in [6.07, 6.45) is 6.09. The SMILES string of the molecule is CN=C(NCCc1ccn(-c2ccc(F)cc2)n1)N1CCN(c2cnn(C)c2)C(=O)C1. The Kier molecular flexibility index (Phi) is 5.96. The molecule has 1 aliphatic rings. The number of piperazine rings is 1. The van der Waals surface area contributed by atoms with Gasteiger partial charge in [0.25, 0.3) is 0 Å². The first-order valence-corrected chi connectivity index (χ1v) is 10.1. The summed E-state index contributed by atoms with van der Waals surface area (Å²) < 4.78 is 16.5. The second-order valence-corrected chi connectivity index (χ2v) is 7.29. The van der Waals surface area contributed by atoms with E-state index in [1.54, 1.807) is 39.6 Å². The van der Waals surface area contributed by atoms with Crippen LogP contribution >= 0.6 is 0 Å². The van der Waals surface area contributed by atoms with Gasteiger partial charge < -0.3 is 15.1 Å². The molecule has 0 atom stereocenters. The molecule has 1 fully saturated rings. The molecule has 162 valence electrons. The summed E-state index contributed by atoms with van der Waals surface area (Å²) in [5, 5.41) is 12.0. The van der Waals surface area contributed by atoms with Crippen molar-refractivity contribution in [2.45, 2.75) is 6.42 Å². The standard InChI is InChI=1S/C21H25FN8O/c1-23-21(28-11-12-29(20(31)15-28)19-13-25-27(2)14-19)24-9-7-17-8-10-30(26-17)18-5-3-16(22)4-6-18/h3-6,8,10,13-14H,7,9,11-12,15H2,1-2H3,(H,23,24). The van der Waals surface area contributed by atoms with Crippen molar-refractivity contribution >= 4 is 17.6 Å². The van der Waals surface area contributed by atoms with Crippen molar-refractivity contribution < 1.29 is 9.18 Å². The second-order valence-electron chi connectivity index (χ2n) is 7.29. The Morgan fingerprint density at radius 1 is 1.19 bits per heavy atom. The topological polar surface area (TPSA) is 83.6 Å². The number of hydrogen-bond donors (Lipinski definition) is 1. The highest BCUT2D eigenvalue weighted by Crippen LogP contribution is 2.16. The number of rotatable bonds is 5. The number of aromatic nitrogens is 4. The van der Waals surface area contributed by atoms with Gasteiger partial charge in [0.1, 0.15) is 12.4 Å². The Labute approximate surface area is 179 Å². The number of aliphatic imine (C=N–C) groups is 1. The van der Waals surface area contributed by atoms with Crippen LogP contribution in [0.1, 0.15) is 5.69 Å². The summed E-state index contributed by atoms with van der Waals surface area (Å²) >= 11 is 0. The van der Waals surface area contributed by atoms with Gasteiger partial charge in [0.15, 0.2) is 5.96 Å². The van der Waals surface area contributed by atoms with E-state index in [-0.39, 0.29) is 18.3 Å². The lowest BCUT2D eigenvalue weighted by atomic mass is 10.3. The first kappa shape index (κ1) is 20.6. The van der Waals surface area contributed by atoms with Gasteiger partial charge in [-0.15, -0.1) is 0 Å². The molecule has 1 aromatic carbocycles. The third-order valence-electron chi connectivity index (χ3n) is 5.13. The molecule has 0 aliphatic carbocycles. The van der Waals surface area contributed by atoms with E-state index in [1.165, 1.54) is 12.1 Å². The average Bonchev–Trinajstić information content (AvgIpc) is 3.41. The zero-order valence-electron chi connectivity index (χ0n) is 17.6. The highest BCUT2D eigenvalue weighted by Gasteiger charge is 2.27. The van der Waals surface area contributed by atoms with Crippen LogP contribution in [0.3, 0.4) is 0 Å². The highest BCUT2D eigenvalue weighted by molar-refractivity contribution is 5.98. The van der Waals surface area contributed by atoms with Crippen LogP contribution in [0.2, 0.25) is 0 Å². The molecule has 0 saturated carbocycles. The molecule has 0 bridgehead atoms. The predicted molar refractivity (Wildman–Crippen MR) is 116 cm³/mol. The Morgan fingerprint density at radius 3 is 2.68 bits per heavy atom. The van der Waals surface area contributed by atoms with Gasteiger partial charge in [-0.1, -0.05) is 0 Å². The first-order valence-electron chi connectivity index (χ1n) is 10.1. The van der Waals surface area contributed by atoms with Crippen LogP contribution < -0.4 is 10.2 Å². The van der Waals surface area contributed by atoms with Crippen molar-refractivity contribution in [3.05, 3.63) is 60.4 Å². The minimum Gasteiger partial charge on any atom is -0.356 e. The molecule has 31 heavy (non-hydrogen) atoms. The molecule has 3 heterocycles. The van der Waals surface area contributed by atoms with Crippen LogP contribution in [0.25, 0.3) is 5.69 Å². The zero-order valence-corrected chi connectivity index (χ0v) is 17.6. The molecule has 1 N–H and O–H groups in total. The maximum Gasteiger partial charge on any atom is 0.246 e. The first-order chi connectivity index (χ1) is 15.0. The molecule has 10 heteroatoms. The van der Waals surface area contributed by atoms with Crippen LogP contribution in [-0.2, 0) is 18.3 Å². The lowest BCUT2D eigenvalue weighted by molar-refractivity contribution is -0.120. The van der Waals surface area contributed by atoms with E-state index in [2.05, 4.69) is 20.5 Å². The summed E-state index contributed by atoms with van der Waals surface area (Å²) in [5.41, 5.74) is 2.53. The molecule has 0 spiro atoms. The number of carbonyl (C=O) groups is 1. The largest absolute Gasteiger partial charge is 0.356 e. The van der Waals surface area contributed by atoms with E-state index < -0.39 is 0 Å². The maximum atomic E-state index is 13.1. The van der Waals surface area contributed by atoms with E-state index in [0.29, 0.717) is 32.0 Å². The molecule has 2 aromatic heterocycles. The minimum atomic E-state index is -0.272. The summed E-state index contributed by atoms with van der Waals surface area (Å²) in [4.78, 5) is 20.6. The molecule has 1 amide bonds. The number of guanidine groups is 1. The van der Waals surface area contributed by atoms with Gasteiger partial charge in [0.2, 0.25) is 5.91 Å². The third-order valence-corrected chi connectivity index (χ3v) is 5.13. The van der Waals surface area contributed by atoms with Crippen LogP contribution in [0.4, 0.5) is 10.1 Å². The zero-order chi connectivity index (χ0) is 21.8. The lowest BCUT2D eigenvalue weighted by Crippen LogP contribution is -2.55. The van der Waals surface area contributed by atoms with E-state index in [9.17, 15) is 9.18 Å². The number of hydrogen-bond acceptors (Lipinski definition) is 4. The molecule has 1 saturated heterocycles. The molecule has 0 radical (unpaired) electrons. The Hall–Kier alpha value is -3.69. The Bertz CT molecular complexity index is 1070. The van der Waals surface area contributed by atoms with Gasteiger partial charge in [0, 0.05) is 52.5 Å². The van der Waals surface area contributed by atoms with Crippen molar-refractivity contribution in [1.82, 2.24) is 29.8 Å². The predicted octanol–water partition coefficient (Wildman–Crippen LogP) is 1.21. The van der Waals surface area contributed by atoms with E-state index >= 15 is 0 Å². The average molecular weight is 424 g/mol. The highest BCUT2D eigenvalue weighted by atomic mass is 19.1. The molecule has 9 nitrogen and oxygen atoms in total. The van der Waals surface area contributed by atoms with Gasteiger partial charge in [-0.2, -0.15) is 10.2 Å². The molecule has 3 aromatic rings. The molecular formula is C21H25FN8O. The number of amides is 1. The van der Waals surface area contributed by atoms with Crippen LogP contribution in [-0.4, -0.2) is 69.6 Å². The number of nitrogens with zero attached hydrogens (tertiary/aromatic N) is 7. The normalized spacial score (nSPS) is 14.9.